The van der Waals surface area contributed by atoms with Crippen LogP contribution in [0.5, 0.6) is 5.75 Å². The molecule has 0 bridgehead atoms. The van der Waals surface area contributed by atoms with Crippen molar-refractivity contribution >= 4 is 71.3 Å². The third-order valence-electron chi connectivity index (χ3n) is 9.20. The minimum atomic E-state index is -0.837. The number of aromatic nitrogens is 2. The summed E-state index contributed by atoms with van der Waals surface area (Å²) in [6, 6.07) is 13.0. The molecule has 0 amide bonds. The summed E-state index contributed by atoms with van der Waals surface area (Å²) in [5.41, 5.74) is 2.45. The number of rotatable bonds is 13. The maximum absolute atomic E-state index is 15.4. The van der Waals surface area contributed by atoms with Crippen LogP contribution in [0, 0.1) is 25.5 Å². The Balaban J connectivity index is 1.31. The molecule has 0 unspecified atom stereocenters. The van der Waals surface area contributed by atoms with Gasteiger partial charge in [0.1, 0.15) is 0 Å². The van der Waals surface area contributed by atoms with Gasteiger partial charge in [0.15, 0.2) is 0 Å². The van der Waals surface area contributed by atoms with E-state index in [1.807, 2.05) is 34.8 Å². The van der Waals surface area contributed by atoms with Crippen LogP contribution in [-0.2, 0) is 5.60 Å². The van der Waals surface area contributed by atoms with E-state index in [9.17, 15) is 4.39 Å². The summed E-state index contributed by atoms with van der Waals surface area (Å²) in [6.45, 7) is 8.28. The number of aryl methyl sites for hydroxylation is 2. The van der Waals surface area contributed by atoms with Crippen molar-refractivity contribution < 1.29 is 13.5 Å². The molecular formula is C37H38F2N2OS4Se. The Labute approximate surface area is 297 Å². The molecule has 3 nitrogen and oxygen atoms in total. The molecule has 7 rings (SSSR count). The molecular weight excluding hydrogens is 734 g/mol. The molecule has 47 heavy (non-hydrogen) atoms. The first kappa shape index (κ1) is 33.3. The Kier molecular flexibility index (Phi) is 9.89. The van der Waals surface area contributed by atoms with Crippen molar-refractivity contribution in [1.82, 2.24) is 7.96 Å². The molecule has 0 atom stereocenters. The zero-order valence-corrected chi connectivity index (χ0v) is 32.1. The second-order valence-corrected chi connectivity index (χ2v) is 18.1. The molecule has 1 aliphatic heterocycles. The van der Waals surface area contributed by atoms with Crippen LogP contribution in [-0.4, -0.2) is 22.9 Å². The first-order chi connectivity index (χ1) is 22.8. The molecule has 6 heterocycles. The fraction of sp³-hybridized carbons (Fsp3) is 0.405. The molecule has 5 aromatic heterocycles. The van der Waals surface area contributed by atoms with Crippen molar-refractivity contribution in [3.05, 3.63) is 64.0 Å². The Morgan fingerprint density at radius 3 is 2.02 bits per heavy atom. The van der Waals surface area contributed by atoms with Gasteiger partial charge in [0.05, 0.1) is 0 Å². The van der Waals surface area contributed by atoms with Gasteiger partial charge in [-0.25, -0.2) is 0 Å². The summed E-state index contributed by atoms with van der Waals surface area (Å²) < 4.78 is 46.5. The second kappa shape index (κ2) is 14.0. The van der Waals surface area contributed by atoms with Crippen molar-refractivity contribution in [3.8, 4) is 45.5 Å². The van der Waals surface area contributed by atoms with Gasteiger partial charge in [-0.15, -0.1) is 11.3 Å². The Hall–Kier alpha value is -2.20. The molecule has 6 aromatic rings. The summed E-state index contributed by atoms with van der Waals surface area (Å²) in [7, 11) is 0. The van der Waals surface area contributed by atoms with Crippen molar-refractivity contribution in [1.29, 1.82) is 0 Å². The molecule has 0 spiro atoms. The number of nitrogens with zero attached hydrogens (tertiary/aromatic N) is 2. The Bertz CT molecular complexity index is 2020. The normalized spacial score (nSPS) is 13.7. The predicted molar refractivity (Wildman–Crippen MR) is 199 cm³/mol. The van der Waals surface area contributed by atoms with Crippen LogP contribution in [0.3, 0.4) is 0 Å². The summed E-state index contributed by atoms with van der Waals surface area (Å²) >= 11 is 6.59. The molecule has 246 valence electrons. The number of thiophene rings is 4. The minimum absolute atomic E-state index is 0.231. The molecule has 0 saturated carbocycles. The van der Waals surface area contributed by atoms with Crippen LogP contribution < -0.4 is 4.74 Å². The van der Waals surface area contributed by atoms with Gasteiger partial charge in [-0.2, -0.15) is 0 Å². The number of ether oxygens (including phenoxy) is 1. The number of unbranched alkanes of at least 4 members (excludes halogenated alkanes) is 6. The summed E-state index contributed by atoms with van der Waals surface area (Å²) in [5, 5.41) is 0. The topological polar surface area (TPSA) is 35.0 Å². The van der Waals surface area contributed by atoms with Gasteiger partial charge < -0.3 is 0 Å². The third-order valence-corrected chi connectivity index (χ3v) is 15.2. The van der Waals surface area contributed by atoms with E-state index in [1.54, 1.807) is 18.3 Å². The van der Waals surface area contributed by atoms with E-state index in [-0.39, 0.29) is 31.7 Å². The Morgan fingerprint density at radius 2 is 1.32 bits per heavy atom. The van der Waals surface area contributed by atoms with Gasteiger partial charge in [-0.1, -0.05) is 52.4 Å². The number of fused-ring (bicyclic) bond motifs is 4. The van der Waals surface area contributed by atoms with Crippen LogP contribution >= 0.6 is 45.3 Å². The molecule has 0 N–H and O–H groups in total. The molecule has 0 fully saturated rings. The van der Waals surface area contributed by atoms with Gasteiger partial charge in [0.2, 0.25) is 0 Å². The summed E-state index contributed by atoms with van der Waals surface area (Å²) in [4.78, 5) is 9.22. The van der Waals surface area contributed by atoms with E-state index >= 15 is 4.39 Å². The first-order valence-corrected chi connectivity index (χ1v) is 21.4. The SMILES string of the molecule is CCCCCCC1(CCCCCC)Oc2cc(-c3ccc(-c4c(F)c(F)c(C)c5n[se]nc45)s3)sc2-c2sc(-c3ccc(C)s3)cc21. The molecule has 0 radical (unpaired) electrons. The molecule has 0 saturated heterocycles. The van der Waals surface area contributed by atoms with E-state index in [2.05, 4.69) is 53.0 Å². The zero-order chi connectivity index (χ0) is 32.7. The van der Waals surface area contributed by atoms with Gasteiger partial charge in [0.25, 0.3) is 0 Å². The Morgan fingerprint density at radius 1 is 0.681 bits per heavy atom. The van der Waals surface area contributed by atoms with Gasteiger partial charge in [-0.05, 0) is 31.9 Å². The fourth-order valence-electron chi connectivity index (χ4n) is 6.66. The van der Waals surface area contributed by atoms with Crippen LogP contribution in [0.2, 0.25) is 0 Å². The van der Waals surface area contributed by atoms with Crippen molar-refractivity contribution in [2.75, 3.05) is 0 Å². The zero-order valence-electron chi connectivity index (χ0n) is 27.1. The van der Waals surface area contributed by atoms with E-state index in [4.69, 9.17) is 4.74 Å². The maximum atomic E-state index is 15.4. The molecule has 1 aromatic carbocycles. The average molecular weight is 772 g/mol. The van der Waals surface area contributed by atoms with E-state index in [0.29, 0.717) is 15.9 Å². The van der Waals surface area contributed by atoms with Gasteiger partial charge in [-0.3, -0.25) is 0 Å². The molecule has 1 aliphatic rings. The predicted octanol–water partition coefficient (Wildman–Crippen LogP) is 13.0. The fourth-order valence-corrected chi connectivity index (χ4v) is 12.5. The van der Waals surface area contributed by atoms with Crippen molar-refractivity contribution in [3.63, 3.8) is 0 Å². The number of halogens is 2. The van der Waals surface area contributed by atoms with E-state index < -0.39 is 11.6 Å². The van der Waals surface area contributed by atoms with Crippen LogP contribution in [0.15, 0.2) is 36.4 Å². The van der Waals surface area contributed by atoms with Crippen LogP contribution in [0.25, 0.3) is 50.7 Å². The number of benzene rings is 1. The summed E-state index contributed by atoms with van der Waals surface area (Å²) in [6.07, 6.45) is 11.7. The van der Waals surface area contributed by atoms with Gasteiger partial charge >= 0.3 is 194 Å². The summed E-state index contributed by atoms with van der Waals surface area (Å²) in [5.74, 6) is -0.712. The average Bonchev–Trinajstić information content (AvgIpc) is 3.90. The second-order valence-electron chi connectivity index (χ2n) is 12.5. The quantitative estimate of drug-likeness (QED) is 0.0866. The number of hydrogen-bond donors (Lipinski definition) is 0. The monoisotopic (exact) mass is 772 g/mol. The first-order valence-electron chi connectivity index (χ1n) is 16.6. The van der Waals surface area contributed by atoms with Crippen LogP contribution in [0.1, 0.15) is 94.1 Å². The standard InChI is InChI=1S/C37H38F2N2OS4Se/c1-5-7-9-11-17-37(18-12-10-8-6-2)23-19-28(25-14-13-21(3)43-25)45-35(23)36-24(42-37)20-29(46-36)26-15-16-27(44-26)30-32(39)31(38)22(4)33-34(30)41-47-40-33/h13-16,19-20H,5-12,17-18H2,1-4H3. The van der Waals surface area contributed by atoms with E-state index in [0.717, 1.165) is 41.2 Å². The molecule has 0 aliphatic carbocycles. The number of hydrogen-bond acceptors (Lipinski definition) is 7. The van der Waals surface area contributed by atoms with Crippen molar-refractivity contribution in [2.45, 2.75) is 97.5 Å². The molecule has 10 heteroatoms. The van der Waals surface area contributed by atoms with Gasteiger partial charge in [0, 0.05) is 9.75 Å². The van der Waals surface area contributed by atoms with Crippen molar-refractivity contribution in [2.24, 2.45) is 0 Å². The van der Waals surface area contributed by atoms with Crippen LogP contribution in [0.4, 0.5) is 8.78 Å². The third kappa shape index (κ3) is 6.23. The van der Waals surface area contributed by atoms with E-state index in [1.165, 1.54) is 79.8 Å².